The minimum atomic E-state index is -0.776. The van der Waals surface area contributed by atoms with Crippen LogP contribution >= 0.6 is 0 Å². The Kier molecular flexibility index (Phi) is 4.33. The molecule has 0 saturated carbocycles. The standard InChI is InChI=1S/C18H27N3O4/c1-11-14(12(2)20-19-11)7-17(22)21-8-13-9-25-6-4-18(13,23)15-10-24-5-3-16(15)21/h13,15-16,23H,3-10H2,1-2H3,(H,19,20)/t13-,15+,16-,18-/m0/s1. The van der Waals surface area contributed by atoms with E-state index in [-0.39, 0.29) is 23.8 Å². The van der Waals surface area contributed by atoms with Crippen molar-refractivity contribution >= 4 is 5.91 Å². The van der Waals surface area contributed by atoms with Crippen LogP contribution in [-0.2, 0) is 20.7 Å². The zero-order valence-electron chi connectivity index (χ0n) is 15.0. The molecule has 0 aliphatic carbocycles. The largest absolute Gasteiger partial charge is 0.389 e. The highest BCUT2D eigenvalue weighted by molar-refractivity contribution is 5.80. The number of likely N-dealkylation sites (tertiary alicyclic amines) is 1. The summed E-state index contributed by atoms with van der Waals surface area (Å²) in [7, 11) is 0. The topological polar surface area (TPSA) is 87.7 Å². The van der Waals surface area contributed by atoms with Gasteiger partial charge in [0.15, 0.2) is 0 Å². The summed E-state index contributed by atoms with van der Waals surface area (Å²) in [5.41, 5.74) is 2.03. The first kappa shape index (κ1) is 17.0. The SMILES string of the molecule is Cc1n[nH]c(C)c1CC(=O)N1C[C@H]2COCC[C@@]2(O)[C@@H]2COCC[C@@H]21. The first-order valence-electron chi connectivity index (χ1n) is 9.18. The molecule has 3 fully saturated rings. The second-order valence-electron chi connectivity index (χ2n) is 7.69. The second-order valence-corrected chi connectivity index (χ2v) is 7.69. The molecule has 3 saturated heterocycles. The second kappa shape index (κ2) is 6.37. The van der Waals surface area contributed by atoms with E-state index in [0.717, 1.165) is 23.4 Å². The van der Waals surface area contributed by atoms with Gasteiger partial charge in [0.2, 0.25) is 5.91 Å². The van der Waals surface area contributed by atoms with Crippen LogP contribution in [0.2, 0.25) is 0 Å². The third kappa shape index (κ3) is 2.78. The van der Waals surface area contributed by atoms with Crippen molar-refractivity contribution in [1.29, 1.82) is 0 Å². The van der Waals surface area contributed by atoms with Crippen molar-refractivity contribution in [2.75, 3.05) is 33.0 Å². The number of H-pyrrole nitrogens is 1. The minimum Gasteiger partial charge on any atom is -0.389 e. The molecule has 3 aliphatic rings. The van der Waals surface area contributed by atoms with E-state index < -0.39 is 5.60 Å². The zero-order valence-corrected chi connectivity index (χ0v) is 15.0. The molecule has 7 heteroatoms. The molecular formula is C18H27N3O4. The number of ether oxygens (including phenoxy) is 2. The fourth-order valence-electron chi connectivity index (χ4n) is 4.83. The monoisotopic (exact) mass is 349 g/mol. The van der Waals surface area contributed by atoms with Crippen LogP contribution in [-0.4, -0.2) is 70.7 Å². The Morgan fingerprint density at radius 2 is 2.16 bits per heavy atom. The predicted octanol–water partition coefficient (Wildman–Crippen LogP) is 0.584. The predicted molar refractivity (Wildman–Crippen MR) is 90.1 cm³/mol. The molecular weight excluding hydrogens is 322 g/mol. The lowest BCUT2D eigenvalue weighted by Crippen LogP contribution is -2.69. The van der Waals surface area contributed by atoms with Gasteiger partial charge in [0.25, 0.3) is 0 Å². The Bertz CT molecular complexity index is 641. The average molecular weight is 349 g/mol. The molecule has 1 amide bonds. The number of amides is 1. The highest BCUT2D eigenvalue weighted by Gasteiger charge is 2.56. The number of hydrogen-bond donors (Lipinski definition) is 2. The lowest BCUT2D eigenvalue weighted by Gasteiger charge is -2.57. The van der Waals surface area contributed by atoms with E-state index in [1.54, 1.807) is 0 Å². The van der Waals surface area contributed by atoms with Gasteiger partial charge in [-0.3, -0.25) is 9.89 Å². The number of hydrogen-bond acceptors (Lipinski definition) is 5. The maximum Gasteiger partial charge on any atom is 0.227 e. The minimum absolute atomic E-state index is 0.0283. The van der Waals surface area contributed by atoms with Crippen LogP contribution in [0.15, 0.2) is 0 Å². The zero-order chi connectivity index (χ0) is 17.6. The Morgan fingerprint density at radius 1 is 1.36 bits per heavy atom. The number of nitrogens with one attached hydrogen (secondary N) is 1. The molecule has 2 N–H and O–H groups in total. The molecule has 25 heavy (non-hydrogen) atoms. The first-order valence-corrected chi connectivity index (χ1v) is 9.18. The van der Waals surface area contributed by atoms with Crippen molar-refractivity contribution in [3.05, 3.63) is 17.0 Å². The van der Waals surface area contributed by atoms with Crippen LogP contribution in [0.25, 0.3) is 0 Å². The van der Waals surface area contributed by atoms with Crippen LogP contribution in [0, 0.1) is 25.7 Å². The maximum absolute atomic E-state index is 13.1. The molecule has 138 valence electrons. The van der Waals surface area contributed by atoms with Gasteiger partial charge in [-0.2, -0.15) is 5.10 Å². The van der Waals surface area contributed by atoms with Gasteiger partial charge in [0.05, 0.1) is 30.9 Å². The summed E-state index contributed by atoms with van der Waals surface area (Å²) < 4.78 is 11.3. The van der Waals surface area contributed by atoms with E-state index in [2.05, 4.69) is 10.2 Å². The molecule has 0 unspecified atom stereocenters. The van der Waals surface area contributed by atoms with Crippen molar-refractivity contribution in [3.8, 4) is 0 Å². The Labute approximate surface area is 147 Å². The molecule has 0 spiro atoms. The van der Waals surface area contributed by atoms with Gasteiger partial charge in [-0.15, -0.1) is 0 Å². The van der Waals surface area contributed by atoms with Gasteiger partial charge in [0, 0.05) is 55.3 Å². The van der Waals surface area contributed by atoms with Crippen molar-refractivity contribution in [2.24, 2.45) is 11.8 Å². The molecule has 4 atom stereocenters. The highest BCUT2D eigenvalue weighted by atomic mass is 16.5. The summed E-state index contributed by atoms with van der Waals surface area (Å²) in [5, 5.41) is 18.5. The third-order valence-corrected chi connectivity index (χ3v) is 6.38. The van der Waals surface area contributed by atoms with Crippen LogP contribution < -0.4 is 0 Å². The number of aromatic nitrogens is 2. The van der Waals surface area contributed by atoms with E-state index in [4.69, 9.17) is 9.47 Å². The molecule has 0 radical (unpaired) electrons. The molecule has 4 heterocycles. The van der Waals surface area contributed by atoms with E-state index in [1.807, 2.05) is 18.7 Å². The van der Waals surface area contributed by atoms with Gasteiger partial charge in [-0.1, -0.05) is 0 Å². The Morgan fingerprint density at radius 3 is 2.92 bits per heavy atom. The van der Waals surface area contributed by atoms with Crippen LogP contribution in [0.3, 0.4) is 0 Å². The number of aliphatic hydroxyl groups is 1. The van der Waals surface area contributed by atoms with Crippen LogP contribution in [0.1, 0.15) is 29.8 Å². The van der Waals surface area contributed by atoms with Crippen LogP contribution in [0.4, 0.5) is 0 Å². The molecule has 3 aliphatic heterocycles. The van der Waals surface area contributed by atoms with Crippen molar-refractivity contribution in [1.82, 2.24) is 15.1 Å². The van der Waals surface area contributed by atoms with Gasteiger partial charge in [0.1, 0.15) is 0 Å². The molecule has 0 bridgehead atoms. The number of carbonyl (C=O) groups is 1. The van der Waals surface area contributed by atoms with Gasteiger partial charge >= 0.3 is 0 Å². The number of nitrogens with zero attached hydrogens (tertiary/aromatic N) is 2. The van der Waals surface area contributed by atoms with Gasteiger partial charge < -0.3 is 19.5 Å². The third-order valence-electron chi connectivity index (χ3n) is 6.38. The summed E-state index contributed by atoms with van der Waals surface area (Å²) in [6, 6.07) is 0.0492. The number of rotatable bonds is 2. The quantitative estimate of drug-likeness (QED) is 0.816. The van der Waals surface area contributed by atoms with Crippen molar-refractivity contribution in [2.45, 2.75) is 44.8 Å². The smallest absolute Gasteiger partial charge is 0.227 e. The number of aryl methyl sites for hydroxylation is 2. The summed E-state index contributed by atoms with van der Waals surface area (Å²) in [6.07, 6.45) is 1.77. The van der Waals surface area contributed by atoms with E-state index in [0.29, 0.717) is 45.8 Å². The van der Waals surface area contributed by atoms with E-state index in [9.17, 15) is 9.90 Å². The summed E-state index contributed by atoms with van der Waals surface area (Å²) in [4.78, 5) is 15.1. The Hall–Kier alpha value is -1.44. The van der Waals surface area contributed by atoms with Gasteiger partial charge in [-0.25, -0.2) is 0 Å². The number of carbonyl (C=O) groups excluding carboxylic acids is 1. The number of aromatic amines is 1. The lowest BCUT2D eigenvalue weighted by molar-refractivity contribution is -0.219. The van der Waals surface area contributed by atoms with Crippen LogP contribution in [0.5, 0.6) is 0 Å². The average Bonchev–Trinajstić information content (AvgIpc) is 2.93. The normalized spacial score (nSPS) is 35.2. The molecule has 7 nitrogen and oxygen atoms in total. The fourth-order valence-corrected chi connectivity index (χ4v) is 4.83. The first-order chi connectivity index (χ1) is 12.0. The van der Waals surface area contributed by atoms with Gasteiger partial charge in [-0.05, 0) is 20.3 Å². The lowest BCUT2D eigenvalue weighted by atomic mass is 9.66. The molecule has 1 aromatic rings. The molecule has 1 aromatic heterocycles. The highest BCUT2D eigenvalue weighted by Crippen LogP contribution is 2.44. The number of piperidine rings is 1. The van der Waals surface area contributed by atoms with Crippen molar-refractivity contribution < 1.29 is 19.4 Å². The molecule has 0 aromatic carbocycles. The maximum atomic E-state index is 13.1. The summed E-state index contributed by atoms with van der Waals surface area (Å²) in [5.74, 6) is 0.0382. The summed E-state index contributed by atoms with van der Waals surface area (Å²) >= 11 is 0. The Balaban J connectivity index is 1.59. The number of fused-ring (bicyclic) bond motifs is 3. The fraction of sp³-hybridized carbons (Fsp3) is 0.778. The summed E-state index contributed by atoms with van der Waals surface area (Å²) in [6.45, 7) is 6.69. The van der Waals surface area contributed by atoms with Crippen molar-refractivity contribution in [3.63, 3.8) is 0 Å². The molecule has 4 rings (SSSR count). The van der Waals surface area contributed by atoms with E-state index in [1.165, 1.54) is 0 Å². The van der Waals surface area contributed by atoms with E-state index >= 15 is 0 Å².